The highest BCUT2D eigenvalue weighted by atomic mass is 19.4. The Balaban J connectivity index is 1.87. The quantitative estimate of drug-likeness (QED) is 0.769. The lowest BCUT2D eigenvalue weighted by Gasteiger charge is -2.27. The number of hydrazine groups is 1. The number of carbonyl (C=O) groups excluding carboxylic acids is 1. The number of alkyl halides is 3. The van der Waals surface area contributed by atoms with Crippen molar-refractivity contribution in [3.63, 3.8) is 0 Å². The van der Waals surface area contributed by atoms with Crippen LogP contribution in [-0.2, 0) is 17.4 Å². The molecule has 0 saturated carbocycles. The molecule has 8 heteroatoms. The summed E-state index contributed by atoms with van der Waals surface area (Å²) in [6, 6.07) is 2.19. The maximum atomic E-state index is 12.4. The molecule has 3 N–H and O–H groups in total. The summed E-state index contributed by atoms with van der Waals surface area (Å²) in [5.41, 5.74) is 4.83. The Labute approximate surface area is 113 Å². The van der Waals surface area contributed by atoms with E-state index >= 15 is 0 Å². The number of hydrogen-bond donors (Lipinski definition) is 3. The third-order valence-electron chi connectivity index (χ3n) is 3.11. The molecule has 110 valence electrons. The Kier molecular flexibility index (Phi) is 4.24. The van der Waals surface area contributed by atoms with Crippen molar-refractivity contribution in [1.82, 2.24) is 15.8 Å². The largest absolute Gasteiger partial charge is 0.417 e. The Bertz CT molecular complexity index is 476. The smallest absolute Gasteiger partial charge is 0.383 e. The van der Waals surface area contributed by atoms with E-state index in [1.165, 1.54) is 6.07 Å². The second-order valence-electron chi connectivity index (χ2n) is 4.66. The van der Waals surface area contributed by atoms with E-state index in [9.17, 15) is 23.1 Å². The van der Waals surface area contributed by atoms with Crippen LogP contribution in [0.4, 0.5) is 13.2 Å². The molecule has 2 unspecified atom stereocenters. The molecular weight excluding hydrogens is 275 g/mol. The molecule has 5 nitrogen and oxygen atoms in total. The fraction of sp³-hybridized carbons (Fsp3) is 0.500. The van der Waals surface area contributed by atoms with Gasteiger partial charge in [-0.1, -0.05) is 0 Å². The van der Waals surface area contributed by atoms with E-state index in [4.69, 9.17) is 0 Å². The Morgan fingerprint density at radius 1 is 1.40 bits per heavy atom. The van der Waals surface area contributed by atoms with E-state index in [-0.39, 0.29) is 12.5 Å². The highest BCUT2D eigenvalue weighted by molar-refractivity contribution is 5.80. The third-order valence-corrected chi connectivity index (χ3v) is 3.11. The summed E-state index contributed by atoms with van der Waals surface area (Å²) in [5.74, 6) is -0.478. The molecule has 20 heavy (non-hydrogen) atoms. The molecule has 1 aromatic heterocycles. The first-order valence-electron chi connectivity index (χ1n) is 6.12. The molecule has 0 bridgehead atoms. The van der Waals surface area contributed by atoms with Gasteiger partial charge in [0.05, 0.1) is 5.56 Å². The number of aliphatic hydroxyl groups excluding tert-OH is 1. The van der Waals surface area contributed by atoms with Gasteiger partial charge in [0.2, 0.25) is 0 Å². The van der Waals surface area contributed by atoms with E-state index in [0.717, 1.165) is 12.3 Å². The number of pyridine rings is 1. The zero-order chi connectivity index (χ0) is 14.8. The lowest BCUT2D eigenvalue weighted by atomic mass is 10.0. The molecule has 0 aliphatic carbocycles. The van der Waals surface area contributed by atoms with Gasteiger partial charge in [0.15, 0.2) is 0 Å². The number of aliphatic hydroxyl groups is 1. The number of carbonyl (C=O) groups is 1. The van der Waals surface area contributed by atoms with Gasteiger partial charge < -0.3 is 5.11 Å². The predicted molar refractivity (Wildman–Crippen MR) is 63.3 cm³/mol. The second kappa shape index (κ2) is 5.76. The van der Waals surface area contributed by atoms with Gasteiger partial charge in [0.25, 0.3) is 5.91 Å². The molecule has 1 aliphatic rings. The van der Waals surface area contributed by atoms with Gasteiger partial charge in [-0.25, -0.2) is 5.43 Å². The van der Waals surface area contributed by atoms with Gasteiger partial charge in [-0.15, -0.1) is 0 Å². The molecule has 2 rings (SSSR count). The fourth-order valence-corrected chi connectivity index (χ4v) is 1.94. The SMILES string of the molecule is O=C1NNC(CCc2ccc(C(F)(F)F)cn2)CC1O. The highest BCUT2D eigenvalue weighted by Crippen LogP contribution is 2.28. The standard InChI is InChI=1S/C12H14F3N3O2/c13-12(14,15)7-1-2-8(16-6-7)3-4-9-5-10(19)11(20)18-17-9/h1-2,6,9-10,17,19H,3-5H2,(H,18,20). The van der Waals surface area contributed by atoms with Crippen LogP contribution >= 0.6 is 0 Å². The number of nitrogens with one attached hydrogen (secondary N) is 2. The van der Waals surface area contributed by atoms with Crippen LogP contribution in [0.5, 0.6) is 0 Å². The maximum absolute atomic E-state index is 12.4. The van der Waals surface area contributed by atoms with Crippen molar-refractivity contribution < 1.29 is 23.1 Å². The molecular formula is C12H14F3N3O2. The molecule has 1 fully saturated rings. The Morgan fingerprint density at radius 3 is 2.70 bits per heavy atom. The zero-order valence-corrected chi connectivity index (χ0v) is 10.4. The highest BCUT2D eigenvalue weighted by Gasteiger charge is 2.30. The predicted octanol–water partition coefficient (Wildman–Crippen LogP) is 0.787. The fourth-order valence-electron chi connectivity index (χ4n) is 1.94. The lowest BCUT2D eigenvalue weighted by Crippen LogP contribution is -2.55. The van der Waals surface area contributed by atoms with Gasteiger partial charge in [-0.05, 0) is 31.4 Å². The minimum atomic E-state index is -4.38. The third kappa shape index (κ3) is 3.67. The van der Waals surface area contributed by atoms with Crippen molar-refractivity contribution in [1.29, 1.82) is 0 Å². The summed E-state index contributed by atoms with van der Waals surface area (Å²) in [6.45, 7) is 0. The van der Waals surface area contributed by atoms with Crippen molar-refractivity contribution in [2.24, 2.45) is 0 Å². The van der Waals surface area contributed by atoms with E-state index in [1.807, 2.05) is 0 Å². The van der Waals surface area contributed by atoms with Crippen LogP contribution in [-0.4, -0.2) is 28.1 Å². The van der Waals surface area contributed by atoms with Gasteiger partial charge in [-0.3, -0.25) is 15.2 Å². The molecule has 1 aromatic rings. The minimum absolute atomic E-state index is 0.133. The summed E-state index contributed by atoms with van der Waals surface area (Å²) < 4.78 is 37.1. The van der Waals surface area contributed by atoms with Crippen LogP contribution in [0, 0.1) is 0 Å². The number of halogens is 3. The van der Waals surface area contributed by atoms with Crippen LogP contribution < -0.4 is 10.9 Å². The normalized spacial score (nSPS) is 23.5. The monoisotopic (exact) mass is 289 g/mol. The second-order valence-corrected chi connectivity index (χ2v) is 4.66. The Hall–Kier alpha value is -1.67. The lowest BCUT2D eigenvalue weighted by molar-refractivity contribution is -0.137. The van der Waals surface area contributed by atoms with E-state index in [0.29, 0.717) is 18.5 Å². The summed E-state index contributed by atoms with van der Waals surface area (Å²) in [4.78, 5) is 14.8. The first kappa shape index (κ1) is 14.7. The zero-order valence-electron chi connectivity index (χ0n) is 10.4. The number of amides is 1. The first-order valence-corrected chi connectivity index (χ1v) is 6.12. The van der Waals surface area contributed by atoms with Gasteiger partial charge in [0.1, 0.15) is 6.10 Å². The van der Waals surface area contributed by atoms with Gasteiger partial charge in [-0.2, -0.15) is 13.2 Å². The first-order chi connectivity index (χ1) is 9.36. The topological polar surface area (TPSA) is 74.2 Å². The summed E-state index contributed by atoms with van der Waals surface area (Å²) in [5, 5.41) is 9.38. The summed E-state index contributed by atoms with van der Waals surface area (Å²) in [6.07, 6.45) is -3.35. The Morgan fingerprint density at radius 2 is 2.15 bits per heavy atom. The molecule has 0 aromatic carbocycles. The van der Waals surface area contributed by atoms with Gasteiger partial charge >= 0.3 is 6.18 Å². The maximum Gasteiger partial charge on any atom is 0.417 e. The van der Waals surface area contributed by atoms with Crippen molar-refractivity contribution in [2.75, 3.05) is 0 Å². The van der Waals surface area contributed by atoms with Crippen LogP contribution in [0.2, 0.25) is 0 Å². The van der Waals surface area contributed by atoms with Crippen molar-refractivity contribution in [3.05, 3.63) is 29.6 Å². The van der Waals surface area contributed by atoms with Crippen LogP contribution in [0.1, 0.15) is 24.1 Å². The molecule has 1 saturated heterocycles. The molecule has 0 spiro atoms. The number of aryl methyl sites for hydroxylation is 1. The molecule has 2 atom stereocenters. The molecule has 1 aliphatic heterocycles. The number of nitrogens with zero attached hydrogens (tertiary/aromatic N) is 1. The van der Waals surface area contributed by atoms with Crippen LogP contribution in [0.25, 0.3) is 0 Å². The summed E-state index contributed by atoms with van der Waals surface area (Å²) >= 11 is 0. The average molecular weight is 289 g/mol. The number of aromatic nitrogens is 1. The van der Waals surface area contributed by atoms with Crippen molar-refractivity contribution in [2.45, 2.75) is 37.6 Å². The average Bonchev–Trinajstić information content (AvgIpc) is 2.40. The van der Waals surface area contributed by atoms with E-state index in [2.05, 4.69) is 15.8 Å². The minimum Gasteiger partial charge on any atom is -0.383 e. The summed E-state index contributed by atoms with van der Waals surface area (Å²) in [7, 11) is 0. The molecule has 0 radical (unpaired) electrons. The van der Waals surface area contributed by atoms with Crippen LogP contribution in [0.15, 0.2) is 18.3 Å². The van der Waals surface area contributed by atoms with Crippen molar-refractivity contribution >= 4 is 5.91 Å². The van der Waals surface area contributed by atoms with Gasteiger partial charge in [0, 0.05) is 17.9 Å². The van der Waals surface area contributed by atoms with Crippen molar-refractivity contribution in [3.8, 4) is 0 Å². The van der Waals surface area contributed by atoms with E-state index < -0.39 is 23.8 Å². The molecule has 1 amide bonds. The van der Waals surface area contributed by atoms with E-state index in [1.54, 1.807) is 0 Å². The van der Waals surface area contributed by atoms with Crippen LogP contribution in [0.3, 0.4) is 0 Å². The number of rotatable bonds is 3. The number of hydrogen-bond acceptors (Lipinski definition) is 4. The molecule has 2 heterocycles.